The van der Waals surface area contributed by atoms with E-state index < -0.39 is 18.3 Å². The SMILES string of the molecule is Cc1cccc(NC(=O)N[C@@H]2N=C(c3ccccc3)c3ccccc3N(C[C@@H](O)C3CCCC3)C2=O)c1. The van der Waals surface area contributed by atoms with Gasteiger partial charge in [0.05, 0.1) is 24.0 Å². The summed E-state index contributed by atoms with van der Waals surface area (Å²) in [4.78, 5) is 33.3. The van der Waals surface area contributed by atoms with Crippen LogP contribution in [0.4, 0.5) is 16.2 Å². The lowest BCUT2D eigenvalue weighted by Gasteiger charge is -2.29. The van der Waals surface area contributed by atoms with Crippen LogP contribution in [0.25, 0.3) is 0 Å². The Bertz CT molecular complexity index is 1300. The van der Waals surface area contributed by atoms with Crippen LogP contribution in [0.15, 0.2) is 83.9 Å². The second kappa shape index (κ2) is 11.0. The first kappa shape index (κ1) is 24.7. The molecule has 0 unspecified atom stereocenters. The monoisotopic (exact) mass is 496 g/mol. The van der Waals surface area contributed by atoms with E-state index in [0.29, 0.717) is 17.1 Å². The van der Waals surface area contributed by atoms with E-state index in [1.807, 2.05) is 79.7 Å². The van der Waals surface area contributed by atoms with Crippen molar-refractivity contribution in [3.8, 4) is 0 Å². The van der Waals surface area contributed by atoms with E-state index in [2.05, 4.69) is 10.6 Å². The number of nitrogens with zero attached hydrogens (tertiary/aromatic N) is 2. The van der Waals surface area contributed by atoms with Crippen molar-refractivity contribution in [1.82, 2.24) is 5.32 Å². The molecular weight excluding hydrogens is 464 g/mol. The van der Waals surface area contributed by atoms with Crippen molar-refractivity contribution < 1.29 is 14.7 Å². The summed E-state index contributed by atoms with van der Waals surface area (Å²) in [5.74, 6) is -0.219. The molecule has 5 rings (SSSR count). The molecule has 1 saturated carbocycles. The Labute approximate surface area is 217 Å². The van der Waals surface area contributed by atoms with Crippen LogP contribution in [0.5, 0.6) is 0 Å². The van der Waals surface area contributed by atoms with Crippen molar-refractivity contribution in [2.24, 2.45) is 10.9 Å². The number of para-hydroxylation sites is 1. The molecule has 3 aromatic rings. The van der Waals surface area contributed by atoms with E-state index in [9.17, 15) is 14.7 Å². The molecule has 37 heavy (non-hydrogen) atoms. The molecular formula is C30H32N4O3. The third-order valence-corrected chi connectivity index (χ3v) is 7.11. The van der Waals surface area contributed by atoms with E-state index in [4.69, 9.17) is 4.99 Å². The van der Waals surface area contributed by atoms with Gasteiger partial charge in [-0.2, -0.15) is 0 Å². The van der Waals surface area contributed by atoms with Gasteiger partial charge in [-0.05, 0) is 49.4 Å². The van der Waals surface area contributed by atoms with Crippen molar-refractivity contribution in [2.45, 2.75) is 44.9 Å². The second-order valence-corrected chi connectivity index (χ2v) is 9.79. The minimum Gasteiger partial charge on any atom is -0.391 e. The fourth-order valence-corrected chi connectivity index (χ4v) is 5.23. The lowest BCUT2D eigenvalue weighted by atomic mass is 9.98. The third kappa shape index (κ3) is 5.57. The molecule has 3 aromatic carbocycles. The van der Waals surface area contributed by atoms with Crippen LogP contribution in [0, 0.1) is 12.8 Å². The molecule has 1 fully saturated rings. The summed E-state index contributed by atoms with van der Waals surface area (Å²) in [7, 11) is 0. The summed E-state index contributed by atoms with van der Waals surface area (Å²) in [6.07, 6.45) is 2.28. The number of β-amino-alcohol motifs (C(OH)–C–C–N with tert-alkyl or cyclic N) is 1. The summed E-state index contributed by atoms with van der Waals surface area (Å²) < 4.78 is 0. The molecule has 190 valence electrons. The second-order valence-electron chi connectivity index (χ2n) is 9.79. The number of urea groups is 1. The van der Waals surface area contributed by atoms with E-state index in [0.717, 1.165) is 42.4 Å². The molecule has 3 N–H and O–H groups in total. The molecule has 1 heterocycles. The molecule has 7 nitrogen and oxygen atoms in total. The highest BCUT2D eigenvalue weighted by Gasteiger charge is 2.35. The number of hydrogen-bond donors (Lipinski definition) is 3. The first-order valence-electron chi connectivity index (χ1n) is 12.9. The fourth-order valence-electron chi connectivity index (χ4n) is 5.23. The maximum atomic E-state index is 13.9. The quantitative estimate of drug-likeness (QED) is 0.454. The highest BCUT2D eigenvalue weighted by atomic mass is 16.3. The standard InChI is InChI=1S/C30H32N4O3/c1-20-10-9-15-23(18-20)31-30(37)33-28-29(36)34(19-26(35)21-11-5-6-12-21)25-17-8-7-16-24(25)27(32-28)22-13-3-2-4-14-22/h2-4,7-10,13-18,21,26,28,35H,5-6,11-12,19H2,1H3,(H2,31,33,37)/t26-,28+/m1/s1. The average Bonchev–Trinajstić information content (AvgIpc) is 3.42. The first-order chi connectivity index (χ1) is 18.0. The number of anilines is 2. The van der Waals surface area contributed by atoms with Crippen LogP contribution in [-0.2, 0) is 4.79 Å². The van der Waals surface area contributed by atoms with Gasteiger partial charge in [0.25, 0.3) is 5.91 Å². The minimum atomic E-state index is -1.16. The Hall–Kier alpha value is -3.97. The number of aliphatic imine (C=N–C) groups is 1. The number of hydrogen-bond acceptors (Lipinski definition) is 4. The molecule has 1 aliphatic heterocycles. The molecule has 1 aliphatic carbocycles. The van der Waals surface area contributed by atoms with Crippen LogP contribution in [0.2, 0.25) is 0 Å². The van der Waals surface area contributed by atoms with Crippen molar-refractivity contribution in [3.63, 3.8) is 0 Å². The predicted octanol–water partition coefficient (Wildman–Crippen LogP) is 4.88. The summed E-state index contributed by atoms with van der Waals surface area (Å²) in [6, 6.07) is 24.1. The number of amides is 3. The Morgan fingerprint density at radius 2 is 1.76 bits per heavy atom. The third-order valence-electron chi connectivity index (χ3n) is 7.11. The van der Waals surface area contributed by atoms with Crippen LogP contribution >= 0.6 is 0 Å². The molecule has 7 heteroatoms. The van der Waals surface area contributed by atoms with Gasteiger partial charge >= 0.3 is 6.03 Å². The van der Waals surface area contributed by atoms with Gasteiger partial charge in [-0.15, -0.1) is 0 Å². The van der Waals surface area contributed by atoms with Gasteiger partial charge in [0, 0.05) is 16.8 Å². The normalized spacial score (nSPS) is 18.5. The lowest BCUT2D eigenvalue weighted by Crippen LogP contribution is -2.51. The van der Waals surface area contributed by atoms with Crippen LogP contribution < -0.4 is 15.5 Å². The maximum absolute atomic E-state index is 13.9. The number of benzene rings is 3. The molecule has 0 bridgehead atoms. The highest BCUT2D eigenvalue weighted by molar-refractivity contribution is 6.20. The summed E-state index contributed by atoms with van der Waals surface area (Å²) in [5.41, 5.74) is 4.55. The fraction of sp³-hybridized carbons (Fsp3) is 0.300. The predicted molar refractivity (Wildman–Crippen MR) is 146 cm³/mol. The molecule has 2 aliphatic rings. The number of carbonyl (C=O) groups excluding carboxylic acids is 2. The van der Waals surface area contributed by atoms with Gasteiger partial charge in [-0.3, -0.25) is 4.79 Å². The number of fused-ring (bicyclic) bond motifs is 1. The Kier molecular flexibility index (Phi) is 7.32. The largest absolute Gasteiger partial charge is 0.391 e. The van der Waals surface area contributed by atoms with Crippen molar-refractivity contribution in [2.75, 3.05) is 16.8 Å². The maximum Gasteiger partial charge on any atom is 0.321 e. The highest BCUT2D eigenvalue weighted by Crippen LogP contribution is 2.32. The Morgan fingerprint density at radius 3 is 2.51 bits per heavy atom. The molecule has 2 atom stereocenters. The van der Waals surface area contributed by atoms with Gasteiger partial charge in [0.15, 0.2) is 0 Å². The first-order valence-corrected chi connectivity index (χ1v) is 12.9. The number of aliphatic hydroxyl groups is 1. The smallest absolute Gasteiger partial charge is 0.321 e. The zero-order valence-corrected chi connectivity index (χ0v) is 20.9. The summed E-state index contributed by atoms with van der Waals surface area (Å²) in [5, 5.41) is 16.7. The van der Waals surface area contributed by atoms with Crippen LogP contribution in [0.3, 0.4) is 0 Å². The number of rotatable bonds is 6. The molecule has 3 amide bonds. The molecule has 0 aromatic heterocycles. The average molecular weight is 497 g/mol. The number of nitrogens with one attached hydrogen (secondary N) is 2. The Balaban J connectivity index is 1.51. The minimum absolute atomic E-state index is 0.149. The lowest BCUT2D eigenvalue weighted by molar-refractivity contribution is -0.120. The van der Waals surface area contributed by atoms with Gasteiger partial charge < -0.3 is 20.6 Å². The topological polar surface area (TPSA) is 94.0 Å². The van der Waals surface area contributed by atoms with Gasteiger partial charge in [0.1, 0.15) is 0 Å². The van der Waals surface area contributed by atoms with E-state index >= 15 is 0 Å². The van der Waals surface area contributed by atoms with Crippen molar-refractivity contribution in [1.29, 1.82) is 0 Å². The van der Waals surface area contributed by atoms with E-state index in [-0.39, 0.29) is 18.4 Å². The van der Waals surface area contributed by atoms with Gasteiger partial charge in [0.2, 0.25) is 6.17 Å². The molecule has 0 saturated heterocycles. The van der Waals surface area contributed by atoms with E-state index in [1.165, 1.54) is 0 Å². The van der Waals surface area contributed by atoms with E-state index in [1.54, 1.807) is 11.0 Å². The summed E-state index contributed by atoms with van der Waals surface area (Å²) in [6.45, 7) is 2.09. The van der Waals surface area contributed by atoms with Crippen LogP contribution in [-0.4, -0.2) is 41.6 Å². The molecule has 0 spiro atoms. The molecule has 0 radical (unpaired) electrons. The van der Waals surface area contributed by atoms with Crippen LogP contribution in [0.1, 0.15) is 42.4 Å². The number of aliphatic hydroxyl groups excluding tert-OH is 1. The summed E-state index contributed by atoms with van der Waals surface area (Å²) >= 11 is 0. The van der Waals surface area contributed by atoms with Crippen molar-refractivity contribution in [3.05, 3.63) is 95.6 Å². The zero-order valence-electron chi connectivity index (χ0n) is 20.9. The number of aryl methyl sites for hydroxylation is 1. The number of carbonyl (C=O) groups is 2. The number of benzodiazepines with no additional fused rings is 1. The zero-order chi connectivity index (χ0) is 25.8. The van der Waals surface area contributed by atoms with Crippen molar-refractivity contribution >= 4 is 29.0 Å². The Morgan fingerprint density at radius 1 is 1.03 bits per heavy atom. The van der Waals surface area contributed by atoms with Gasteiger partial charge in [-0.1, -0.05) is 73.5 Å². The van der Waals surface area contributed by atoms with Gasteiger partial charge in [-0.25, -0.2) is 9.79 Å².